The molecule has 0 nitrogen and oxygen atoms in total. The average molecular weight is 282 g/mol. The molecule has 0 unspecified atom stereocenters. The number of unbranched alkanes of at least 4 members (excludes halogenated alkanes) is 10. The molecule has 0 saturated heterocycles. The zero-order chi connectivity index (χ0) is 14.2. The maximum atomic E-state index is 2.45. The van der Waals surface area contributed by atoms with Crippen molar-refractivity contribution in [3.05, 3.63) is 0 Å². The van der Waals surface area contributed by atoms with Crippen molar-refractivity contribution in [1.82, 2.24) is 0 Å². The highest BCUT2D eigenvalue weighted by Gasteiger charge is 2.12. The molecule has 0 bridgehead atoms. The minimum Gasteiger partial charge on any atom is -0.0967 e. The molecule has 0 aliphatic carbocycles. The Morgan fingerprint density at radius 2 is 0.842 bits per heavy atom. The van der Waals surface area contributed by atoms with Gasteiger partial charge in [0.1, 0.15) is 0 Å². The van der Waals surface area contributed by atoms with Crippen molar-refractivity contribution in [3.63, 3.8) is 0 Å². The van der Waals surface area contributed by atoms with E-state index in [2.05, 4.69) is 20.8 Å². The van der Waals surface area contributed by atoms with Gasteiger partial charge in [0, 0.05) is 0 Å². The van der Waals surface area contributed by atoms with Crippen LogP contribution in [0.15, 0.2) is 0 Å². The normalized spacial score (nSPS) is 10.9. The Labute approximate surface area is 128 Å². The zero-order valence-electron chi connectivity index (χ0n) is 14.2. The molecular weight excluding hydrogens is 243 g/mol. The molecular formula is C18H39Al. The van der Waals surface area contributed by atoms with E-state index in [0.29, 0.717) is 0 Å². The van der Waals surface area contributed by atoms with Gasteiger partial charge in [-0.05, 0) is 0 Å². The second-order valence-corrected chi connectivity index (χ2v) is 10.1. The Morgan fingerprint density at radius 1 is 0.474 bits per heavy atom. The summed E-state index contributed by atoms with van der Waals surface area (Å²) in [7, 11) is 0. The largest absolute Gasteiger partial charge is 0.261 e. The van der Waals surface area contributed by atoms with E-state index in [1.807, 2.05) is 0 Å². The Morgan fingerprint density at radius 3 is 1.21 bits per heavy atom. The fraction of sp³-hybridized carbons (Fsp3) is 1.00. The molecule has 0 atom stereocenters. The third-order valence-corrected chi connectivity index (χ3v) is 8.11. The molecule has 0 aromatic heterocycles. The molecule has 0 aromatic rings. The van der Waals surface area contributed by atoms with Crippen molar-refractivity contribution in [2.24, 2.45) is 0 Å². The van der Waals surface area contributed by atoms with Gasteiger partial charge in [-0.3, -0.25) is 0 Å². The fourth-order valence-electron chi connectivity index (χ4n) is 2.98. The smallest absolute Gasteiger partial charge is 0.0967 e. The molecule has 1 heteroatoms. The lowest BCUT2D eigenvalue weighted by atomic mass is 10.1. The molecule has 0 aliphatic rings. The Bertz CT molecular complexity index is 140. The molecule has 0 saturated carbocycles. The van der Waals surface area contributed by atoms with Gasteiger partial charge in [0.2, 0.25) is 0 Å². The van der Waals surface area contributed by atoms with Crippen LogP contribution in [0, 0.1) is 0 Å². The standard InChI is InChI=1S/2C8H17.C2H5.Al/c2*1-3-5-7-8-6-4-2;1-2;/h2*1,3-8H2,2H3;1H2,2H3;. The highest BCUT2D eigenvalue weighted by atomic mass is 27.2. The number of rotatable bonds is 15. The van der Waals surface area contributed by atoms with Gasteiger partial charge in [0.15, 0.2) is 0 Å². The molecule has 0 spiro atoms. The summed E-state index contributed by atoms with van der Waals surface area (Å²) in [6.45, 7) is 7.06. The van der Waals surface area contributed by atoms with E-state index in [-0.39, 0.29) is 14.1 Å². The summed E-state index contributed by atoms with van der Waals surface area (Å²) in [6, 6.07) is 0. The summed E-state index contributed by atoms with van der Waals surface area (Å²) in [5, 5.41) is 4.82. The molecule has 19 heavy (non-hydrogen) atoms. The predicted octanol–water partition coefficient (Wildman–Crippen LogP) is 7.22. The molecule has 0 radical (unpaired) electrons. The van der Waals surface area contributed by atoms with Crippen LogP contribution in [-0.4, -0.2) is 14.1 Å². The average Bonchev–Trinajstić information content (AvgIpc) is 2.44. The lowest BCUT2D eigenvalue weighted by Crippen LogP contribution is -2.10. The highest BCUT2D eigenvalue weighted by Crippen LogP contribution is 2.17. The first-order valence-corrected chi connectivity index (χ1v) is 11.8. The molecule has 0 aromatic carbocycles. The summed E-state index contributed by atoms with van der Waals surface area (Å²) in [4.78, 5) is 0. The highest BCUT2D eigenvalue weighted by molar-refractivity contribution is 6.58. The topological polar surface area (TPSA) is 0 Å². The van der Waals surface area contributed by atoms with Crippen LogP contribution in [0.2, 0.25) is 15.8 Å². The summed E-state index contributed by atoms with van der Waals surface area (Å²) < 4.78 is 0. The summed E-state index contributed by atoms with van der Waals surface area (Å²) in [6.07, 6.45) is 17.7. The van der Waals surface area contributed by atoms with Crippen LogP contribution in [0.1, 0.15) is 97.8 Å². The van der Waals surface area contributed by atoms with Gasteiger partial charge >= 0.3 is 0 Å². The van der Waals surface area contributed by atoms with Gasteiger partial charge in [-0.25, -0.2) is 0 Å². The Balaban J connectivity index is 3.30. The molecule has 0 rings (SSSR count). The lowest BCUT2D eigenvalue weighted by Gasteiger charge is -2.09. The van der Waals surface area contributed by atoms with Crippen molar-refractivity contribution >= 4 is 14.1 Å². The SMILES string of the molecule is CCCCCCC[CH2][Al]([CH2]C)[CH2]CCCCCCC. The van der Waals surface area contributed by atoms with Crippen LogP contribution >= 0.6 is 0 Å². The van der Waals surface area contributed by atoms with Gasteiger partial charge in [0.25, 0.3) is 14.1 Å². The molecule has 0 aliphatic heterocycles. The van der Waals surface area contributed by atoms with Crippen LogP contribution in [0.25, 0.3) is 0 Å². The van der Waals surface area contributed by atoms with Crippen molar-refractivity contribution in [3.8, 4) is 0 Å². The van der Waals surface area contributed by atoms with E-state index in [4.69, 9.17) is 0 Å². The van der Waals surface area contributed by atoms with Gasteiger partial charge in [-0.1, -0.05) is 114 Å². The van der Waals surface area contributed by atoms with Crippen LogP contribution in [0.5, 0.6) is 0 Å². The third-order valence-electron chi connectivity index (χ3n) is 4.51. The second kappa shape index (κ2) is 16.6. The molecule has 0 N–H and O–H groups in total. The second-order valence-electron chi connectivity index (χ2n) is 6.39. The van der Waals surface area contributed by atoms with E-state index in [0.717, 1.165) is 0 Å². The number of hydrogen-bond acceptors (Lipinski definition) is 0. The van der Waals surface area contributed by atoms with Crippen molar-refractivity contribution < 1.29 is 0 Å². The van der Waals surface area contributed by atoms with E-state index >= 15 is 0 Å². The Hall–Kier alpha value is 0.532. The van der Waals surface area contributed by atoms with Crippen molar-refractivity contribution in [1.29, 1.82) is 0 Å². The van der Waals surface area contributed by atoms with E-state index in [1.54, 1.807) is 28.7 Å². The van der Waals surface area contributed by atoms with E-state index in [1.165, 1.54) is 64.2 Å². The quantitative estimate of drug-likeness (QED) is 0.220. The monoisotopic (exact) mass is 282 g/mol. The van der Waals surface area contributed by atoms with Gasteiger partial charge in [-0.15, -0.1) is 0 Å². The Kier molecular flexibility index (Phi) is 17.1. The van der Waals surface area contributed by atoms with Crippen LogP contribution < -0.4 is 0 Å². The van der Waals surface area contributed by atoms with Crippen LogP contribution in [0.3, 0.4) is 0 Å². The van der Waals surface area contributed by atoms with Crippen molar-refractivity contribution in [2.45, 2.75) is 114 Å². The first kappa shape index (κ1) is 19.5. The van der Waals surface area contributed by atoms with Gasteiger partial charge in [0.05, 0.1) is 0 Å². The molecule has 0 fully saturated rings. The lowest BCUT2D eigenvalue weighted by molar-refractivity contribution is 0.616. The van der Waals surface area contributed by atoms with Crippen LogP contribution in [-0.2, 0) is 0 Å². The van der Waals surface area contributed by atoms with Crippen LogP contribution in [0.4, 0.5) is 0 Å². The molecule has 0 heterocycles. The van der Waals surface area contributed by atoms with E-state index in [9.17, 15) is 0 Å². The molecule has 0 amide bonds. The first-order valence-electron chi connectivity index (χ1n) is 9.35. The maximum Gasteiger partial charge on any atom is 0.261 e. The summed E-state index contributed by atoms with van der Waals surface area (Å²) >= 11 is -0.331. The summed E-state index contributed by atoms with van der Waals surface area (Å²) in [5.41, 5.74) is 0. The molecule has 114 valence electrons. The third kappa shape index (κ3) is 14.7. The maximum absolute atomic E-state index is 2.45. The van der Waals surface area contributed by atoms with Gasteiger partial charge < -0.3 is 0 Å². The summed E-state index contributed by atoms with van der Waals surface area (Å²) in [5.74, 6) is 0. The minimum absolute atomic E-state index is 0.331. The minimum atomic E-state index is -0.331. The van der Waals surface area contributed by atoms with Crippen molar-refractivity contribution in [2.75, 3.05) is 0 Å². The zero-order valence-corrected chi connectivity index (χ0v) is 15.3. The first-order chi connectivity index (χ1) is 9.35. The number of hydrogen-bond donors (Lipinski definition) is 0. The predicted molar refractivity (Wildman–Crippen MR) is 92.6 cm³/mol. The van der Waals surface area contributed by atoms with E-state index < -0.39 is 0 Å². The van der Waals surface area contributed by atoms with Gasteiger partial charge in [-0.2, -0.15) is 0 Å². The fourth-order valence-corrected chi connectivity index (χ4v) is 5.82.